The molecule has 1 aliphatic heterocycles. The van der Waals surface area contributed by atoms with Crippen molar-refractivity contribution in [1.82, 2.24) is 10.3 Å². The minimum absolute atomic E-state index is 0.119. The highest BCUT2D eigenvalue weighted by atomic mass is 32.2. The number of nitrogens with zero attached hydrogens (tertiary/aromatic N) is 1. The van der Waals surface area contributed by atoms with Crippen LogP contribution in [0.5, 0.6) is 0 Å². The lowest BCUT2D eigenvalue weighted by atomic mass is 10.1. The molecule has 1 saturated heterocycles. The number of nitrogens with one attached hydrogen (secondary N) is 2. The lowest BCUT2D eigenvalue weighted by Gasteiger charge is -2.11. The van der Waals surface area contributed by atoms with Crippen molar-refractivity contribution < 1.29 is 13.2 Å². The molecule has 1 aromatic carbocycles. The van der Waals surface area contributed by atoms with Crippen LogP contribution in [0.4, 0.5) is 5.69 Å². The number of benzene rings is 1. The van der Waals surface area contributed by atoms with Crippen molar-refractivity contribution in [2.45, 2.75) is 13.0 Å². The summed E-state index contributed by atoms with van der Waals surface area (Å²) in [6.07, 6.45) is 2.26. The van der Waals surface area contributed by atoms with E-state index in [2.05, 4.69) is 15.6 Å². The molecular weight excluding hydrogens is 338 g/mol. The van der Waals surface area contributed by atoms with E-state index in [1.165, 1.54) is 0 Å². The summed E-state index contributed by atoms with van der Waals surface area (Å²) < 4.78 is 23.0. The van der Waals surface area contributed by atoms with Gasteiger partial charge in [0.1, 0.15) is 5.69 Å². The van der Waals surface area contributed by atoms with Crippen LogP contribution >= 0.6 is 0 Å². The highest BCUT2D eigenvalue weighted by Gasteiger charge is 2.27. The number of aromatic nitrogens is 1. The highest BCUT2D eigenvalue weighted by molar-refractivity contribution is 7.91. The summed E-state index contributed by atoms with van der Waals surface area (Å²) in [4.78, 5) is 16.3. The molecule has 0 unspecified atom stereocenters. The molecule has 132 valence electrons. The third kappa shape index (κ3) is 5.03. The van der Waals surface area contributed by atoms with E-state index in [4.69, 9.17) is 0 Å². The Kier molecular flexibility index (Phi) is 5.33. The van der Waals surface area contributed by atoms with E-state index < -0.39 is 9.84 Å². The first-order valence-electron chi connectivity index (χ1n) is 8.24. The molecule has 6 nitrogen and oxygen atoms in total. The molecule has 1 atom stereocenters. The second-order valence-corrected chi connectivity index (χ2v) is 8.48. The molecule has 7 heteroatoms. The zero-order valence-corrected chi connectivity index (χ0v) is 14.6. The fourth-order valence-corrected chi connectivity index (χ4v) is 4.69. The number of amides is 1. The monoisotopic (exact) mass is 359 g/mol. The van der Waals surface area contributed by atoms with Gasteiger partial charge in [-0.2, -0.15) is 0 Å². The van der Waals surface area contributed by atoms with Gasteiger partial charge in [0.2, 0.25) is 0 Å². The lowest BCUT2D eigenvalue weighted by Crippen LogP contribution is -2.24. The minimum Gasteiger partial charge on any atom is -0.385 e. The van der Waals surface area contributed by atoms with Crippen LogP contribution in [0.3, 0.4) is 0 Å². The van der Waals surface area contributed by atoms with Gasteiger partial charge in [-0.05, 0) is 30.0 Å². The average molecular weight is 359 g/mol. The van der Waals surface area contributed by atoms with Gasteiger partial charge in [0.15, 0.2) is 9.84 Å². The number of rotatable bonds is 6. The standard InChI is InChI=1S/C18H21N3O3S/c22-18(21-11-14-4-2-1-3-5-14)17-10-16(6-8-19-17)20-12-15-7-9-25(23,24)13-15/h1-6,8,10,15H,7,9,11-13H2,(H,19,20)(H,21,22)/t15-/m1/s1. The van der Waals surface area contributed by atoms with Crippen LogP contribution < -0.4 is 10.6 Å². The van der Waals surface area contributed by atoms with Gasteiger partial charge in [-0.15, -0.1) is 0 Å². The van der Waals surface area contributed by atoms with Crippen LogP contribution in [-0.4, -0.2) is 37.4 Å². The van der Waals surface area contributed by atoms with Crippen molar-refractivity contribution in [2.75, 3.05) is 23.4 Å². The Morgan fingerprint density at radius 3 is 2.72 bits per heavy atom. The Bertz CT molecular complexity index is 838. The van der Waals surface area contributed by atoms with Crippen molar-refractivity contribution in [2.24, 2.45) is 5.92 Å². The van der Waals surface area contributed by atoms with E-state index in [-0.39, 0.29) is 23.3 Å². The maximum Gasteiger partial charge on any atom is 0.270 e. The van der Waals surface area contributed by atoms with Gasteiger partial charge in [0.25, 0.3) is 5.91 Å². The summed E-state index contributed by atoms with van der Waals surface area (Å²) in [7, 11) is -2.87. The molecular formula is C18H21N3O3S. The quantitative estimate of drug-likeness (QED) is 0.822. The van der Waals surface area contributed by atoms with Gasteiger partial charge in [-0.25, -0.2) is 8.42 Å². The molecule has 1 aromatic heterocycles. The van der Waals surface area contributed by atoms with E-state index in [1.54, 1.807) is 18.3 Å². The highest BCUT2D eigenvalue weighted by Crippen LogP contribution is 2.19. The number of hydrogen-bond acceptors (Lipinski definition) is 5. The zero-order valence-electron chi connectivity index (χ0n) is 13.8. The number of carbonyl (C=O) groups is 1. The van der Waals surface area contributed by atoms with Crippen molar-refractivity contribution in [3.63, 3.8) is 0 Å². The predicted molar refractivity (Wildman–Crippen MR) is 97.1 cm³/mol. The van der Waals surface area contributed by atoms with Gasteiger partial charge < -0.3 is 10.6 Å². The largest absolute Gasteiger partial charge is 0.385 e. The van der Waals surface area contributed by atoms with Crippen LogP contribution in [-0.2, 0) is 16.4 Å². The molecule has 2 heterocycles. The maximum atomic E-state index is 12.2. The van der Waals surface area contributed by atoms with Gasteiger partial charge in [-0.1, -0.05) is 30.3 Å². The molecule has 1 amide bonds. The minimum atomic E-state index is -2.87. The average Bonchev–Trinajstić information content (AvgIpc) is 2.98. The molecule has 2 aromatic rings. The van der Waals surface area contributed by atoms with Crippen molar-refractivity contribution in [3.8, 4) is 0 Å². The molecule has 25 heavy (non-hydrogen) atoms. The summed E-state index contributed by atoms with van der Waals surface area (Å²) in [5.74, 6) is 0.377. The van der Waals surface area contributed by atoms with E-state index in [0.29, 0.717) is 25.2 Å². The second kappa shape index (κ2) is 7.65. The zero-order chi connectivity index (χ0) is 17.7. The molecule has 0 aliphatic carbocycles. The fraction of sp³-hybridized carbons (Fsp3) is 0.333. The molecule has 0 spiro atoms. The van der Waals surface area contributed by atoms with E-state index in [1.807, 2.05) is 30.3 Å². The second-order valence-electron chi connectivity index (χ2n) is 6.25. The molecule has 0 bridgehead atoms. The summed E-state index contributed by atoms with van der Waals surface area (Å²) in [6.45, 7) is 1.02. The molecule has 3 rings (SSSR count). The Morgan fingerprint density at radius 1 is 1.20 bits per heavy atom. The molecule has 0 radical (unpaired) electrons. The molecule has 2 N–H and O–H groups in total. The number of sulfone groups is 1. The van der Waals surface area contributed by atoms with Gasteiger partial charge in [0, 0.05) is 25.0 Å². The number of hydrogen-bond donors (Lipinski definition) is 2. The third-order valence-electron chi connectivity index (χ3n) is 4.21. The van der Waals surface area contributed by atoms with Crippen molar-refractivity contribution in [3.05, 3.63) is 59.9 Å². The normalized spacial score (nSPS) is 18.6. The van der Waals surface area contributed by atoms with E-state index in [0.717, 1.165) is 11.3 Å². The molecule has 0 saturated carbocycles. The van der Waals surface area contributed by atoms with E-state index in [9.17, 15) is 13.2 Å². The lowest BCUT2D eigenvalue weighted by molar-refractivity contribution is 0.0946. The van der Waals surface area contributed by atoms with E-state index >= 15 is 0 Å². The summed E-state index contributed by atoms with van der Waals surface area (Å²) in [6, 6.07) is 13.1. The van der Waals surface area contributed by atoms with Crippen LogP contribution in [0.25, 0.3) is 0 Å². The first-order chi connectivity index (χ1) is 12.0. The number of anilines is 1. The van der Waals surface area contributed by atoms with Crippen LogP contribution in [0.15, 0.2) is 48.7 Å². The number of carbonyl (C=O) groups excluding carboxylic acids is 1. The summed E-state index contributed by atoms with van der Waals surface area (Å²) in [5.41, 5.74) is 2.12. The van der Waals surface area contributed by atoms with Crippen molar-refractivity contribution >= 4 is 21.4 Å². The topological polar surface area (TPSA) is 88.2 Å². The Morgan fingerprint density at radius 2 is 2.00 bits per heavy atom. The number of pyridine rings is 1. The van der Waals surface area contributed by atoms with Gasteiger partial charge in [-0.3, -0.25) is 9.78 Å². The first-order valence-corrected chi connectivity index (χ1v) is 10.1. The predicted octanol–water partition coefficient (Wildman–Crippen LogP) is 1.86. The molecule has 1 aliphatic rings. The smallest absolute Gasteiger partial charge is 0.270 e. The van der Waals surface area contributed by atoms with Crippen LogP contribution in [0, 0.1) is 5.92 Å². The summed E-state index contributed by atoms with van der Waals surface area (Å²) in [5, 5.41) is 6.05. The van der Waals surface area contributed by atoms with Gasteiger partial charge in [0.05, 0.1) is 11.5 Å². The Hall–Kier alpha value is -2.41. The fourth-order valence-electron chi connectivity index (χ4n) is 2.83. The van der Waals surface area contributed by atoms with Gasteiger partial charge >= 0.3 is 0 Å². The third-order valence-corrected chi connectivity index (χ3v) is 6.05. The molecule has 1 fully saturated rings. The Labute approximate surface area is 147 Å². The Balaban J connectivity index is 1.54. The van der Waals surface area contributed by atoms with Crippen LogP contribution in [0.1, 0.15) is 22.5 Å². The van der Waals surface area contributed by atoms with Crippen molar-refractivity contribution in [1.29, 1.82) is 0 Å². The first kappa shape index (κ1) is 17.4. The maximum absolute atomic E-state index is 12.2. The summed E-state index contributed by atoms with van der Waals surface area (Å²) >= 11 is 0. The van der Waals surface area contributed by atoms with Crippen LogP contribution in [0.2, 0.25) is 0 Å². The SMILES string of the molecule is O=C(NCc1ccccc1)c1cc(NC[C@H]2CCS(=O)(=O)C2)ccn1.